The molecule has 0 aliphatic rings. The number of amides is 1. The minimum Gasteiger partial charge on any atom is -0.387 e. The highest BCUT2D eigenvalue weighted by atomic mass is 19.1. The predicted octanol–water partition coefficient (Wildman–Crippen LogP) is 2.04. The molecule has 3 aromatic heterocycles. The number of halogens is 1. The highest BCUT2D eigenvalue weighted by Crippen LogP contribution is 2.25. The standard InChI is InChI=1S/C21H20FN7O2/c1-21(2,31)19(22)12-27-20(30)15-11-26-17(8-16(15)25-6-5-23)18-4-3-14-7-13(9-24)10-28-29(14)18/h3-4,7-8,10-11,19,31H,6,12H2,1-2H3,(H,25,26)(H,27,30)/t19-/m1/s1. The summed E-state index contributed by atoms with van der Waals surface area (Å²) in [7, 11) is 0. The van der Waals surface area contributed by atoms with Crippen LogP contribution in [0.1, 0.15) is 29.8 Å². The number of alkyl halides is 1. The Kier molecular flexibility index (Phi) is 6.14. The Labute approximate surface area is 177 Å². The topological polar surface area (TPSA) is 139 Å². The van der Waals surface area contributed by atoms with E-state index in [1.165, 1.54) is 26.2 Å². The fourth-order valence-corrected chi connectivity index (χ4v) is 2.84. The number of nitrogens with one attached hydrogen (secondary N) is 2. The molecule has 0 saturated carbocycles. The zero-order chi connectivity index (χ0) is 22.6. The number of hydrogen-bond donors (Lipinski definition) is 3. The first-order chi connectivity index (χ1) is 14.7. The number of nitrogens with zero attached hydrogens (tertiary/aromatic N) is 5. The lowest BCUT2D eigenvalue weighted by molar-refractivity contribution is -0.00177. The molecule has 10 heteroatoms. The smallest absolute Gasteiger partial charge is 0.255 e. The van der Waals surface area contributed by atoms with Gasteiger partial charge in [-0.05, 0) is 38.1 Å². The summed E-state index contributed by atoms with van der Waals surface area (Å²) < 4.78 is 15.6. The molecule has 3 rings (SSSR count). The first-order valence-electron chi connectivity index (χ1n) is 9.38. The molecule has 0 bridgehead atoms. The van der Waals surface area contributed by atoms with Gasteiger partial charge in [-0.3, -0.25) is 9.78 Å². The number of hydrogen-bond acceptors (Lipinski definition) is 7. The van der Waals surface area contributed by atoms with Crippen molar-refractivity contribution in [3.8, 4) is 23.5 Å². The van der Waals surface area contributed by atoms with Gasteiger partial charge in [-0.15, -0.1) is 0 Å². The summed E-state index contributed by atoms with van der Waals surface area (Å²) in [5.41, 5.74) is 1.10. The Morgan fingerprint density at radius 1 is 1.32 bits per heavy atom. The van der Waals surface area contributed by atoms with Crippen LogP contribution in [-0.2, 0) is 0 Å². The summed E-state index contributed by atoms with van der Waals surface area (Å²) >= 11 is 0. The quantitative estimate of drug-likeness (QED) is 0.496. The number of fused-ring (bicyclic) bond motifs is 1. The number of aromatic nitrogens is 3. The molecular weight excluding hydrogens is 401 g/mol. The van der Waals surface area contributed by atoms with Gasteiger partial charge in [0.15, 0.2) is 0 Å². The van der Waals surface area contributed by atoms with E-state index in [0.29, 0.717) is 28.2 Å². The minimum absolute atomic E-state index is 0.0577. The fraction of sp³-hybridized carbons (Fsp3) is 0.286. The van der Waals surface area contributed by atoms with Gasteiger partial charge in [0.2, 0.25) is 0 Å². The molecule has 1 amide bonds. The van der Waals surface area contributed by atoms with E-state index < -0.39 is 17.7 Å². The zero-order valence-electron chi connectivity index (χ0n) is 16.9. The van der Waals surface area contributed by atoms with Crippen LogP contribution in [0.3, 0.4) is 0 Å². The third-order valence-electron chi connectivity index (χ3n) is 4.61. The van der Waals surface area contributed by atoms with Crippen molar-refractivity contribution in [2.24, 2.45) is 0 Å². The molecule has 0 spiro atoms. The Morgan fingerprint density at radius 2 is 2.10 bits per heavy atom. The van der Waals surface area contributed by atoms with Gasteiger partial charge in [0.1, 0.15) is 18.8 Å². The molecule has 3 heterocycles. The van der Waals surface area contributed by atoms with Crippen LogP contribution in [0.5, 0.6) is 0 Å². The highest BCUT2D eigenvalue weighted by Gasteiger charge is 2.27. The summed E-state index contributed by atoms with van der Waals surface area (Å²) in [4.78, 5) is 16.9. The second-order valence-electron chi connectivity index (χ2n) is 7.37. The summed E-state index contributed by atoms with van der Waals surface area (Å²) in [6.07, 6.45) is 1.10. The maximum Gasteiger partial charge on any atom is 0.255 e. The van der Waals surface area contributed by atoms with Crippen molar-refractivity contribution in [3.05, 3.63) is 47.8 Å². The molecule has 0 aromatic carbocycles. The van der Waals surface area contributed by atoms with Crippen molar-refractivity contribution in [2.75, 3.05) is 18.4 Å². The molecule has 0 saturated heterocycles. The Balaban J connectivity index is 1.93. The number of aliphatic hydroxyl groups is 1. The molecule has 9 nitrogen and oxygen atoms in total. The van der Waals surface area contributed by atoms with Crippen molar-refractivity contribution < 1.29 is 14.3 Å². The first-order valence-corrected chi connectivity index (χ1v) is 9.38. The highest BCUT2D eigenvalue weighted by molar-refractivity contribution is 6.00. The van der Waals surface area contributed by atoms with Gasteiger partial charge in [-0.2, -0.15) is 15.6 Å². The summed E-state index contributed by atoms with van der Waals surface area (Å²) in [5, 5.41) is 37.2. The van der Waals surface area contributed by atoms with Crippen molar-refractivity contribution >= 4 is 17.1 Å². The predicted molar refractivity (Wildman–Crippen MR) is 111 cm³/mol. The minimum atomic E-state index is -1.66. The van der Waals surface area contributed by atoms with Gasteiger partial charge < -0.3 is 15.7 Å². The monoisotopic (exact) mass is 421 g/mol. The Hall–Kier alpha value is -4.02. The van der Waals surface area contributed by atoms with Crippen LogP contribution in [-0.4, -0.2) is 50.5 Å². The van der Waals surface area contributed by atoms with E-state index in [1.807, 2.05) is 12.1 Å². The average molecular weight is 421 g/mol. The molecule has 3 aromatic rings. The lowest BCUT2D eigenvalue weighted by atomic mass is 10.0. The van der Waals surface area contributed by atoms with Gasteiger partial charge in [0.25, 0.3) is 5.91 Å². The van der Waals surface area contributed by atoms with E-state index in [9.17, 15) is 14.3 Å². The van der Waals surface area contributed by atoms with Crippen LogP contribution in [0.4, 0.5) is 10.1 Å². The normalized spacial score (nSPS) is 12.1. The van der Waals surface area contributed by atoms with Gasteiger partial charge in [0.05, 0.1) is 58.1 Å². The van der Waals surface area contributed by atoms with Gasteiger partial charge in [-0.25, -0.2) is 8.91 Å². The van der Waals surface area contributed by atoms with Crippen LogP contribution in [0.2, 0.25) is 0 Å². The lowest BCUT2D eigenvalue weighted by Gasteiger charge is -2.22. The summed E-state index contributed by atoms with van der Waals surface area (Å²) in [5.74, 6) is -0.594. The number of nitriles is 2. The van der Waals surface area contributed by atoms with Crippen molar-refractivity contribution in [3.63, 3.8) is 0 Å². The Morgan fingerprint density at radius 3 is 2.77 bits per heavy atom. The molecule has 0 fully saturated rings. The second-order valence-corrected chi connectivity index (χ2v) is 7.37. The third kappa shape index (κ3) is 4.77. The first kappa shape index (κ1) is 21.7. The molecule has 0 unspecified atom stereocenters. The maximum atomic E-state index is 14.0. The summed E-state index contributed by atoms with van der Waals surface area (Å²) in [6.45, 7) is 2.19. The van der Waals surface area contributed by atoms with Crippen molar-refractivity contribution in [2.45, 2.75) is 25.6 Å². The van der Waals surface area contributed by atoms with Crippen molar-refractivity contribution in [1.29, 1.82) is 10.5 Å². The number of anilines is 1. The molecule has 0 aliphatic carbocycles. The van der Waals surface area contributed by atoms with Crippen LogP contribution in [0.15, 0.2) is 36.7 Å². The molecule has 1 atom stereocenters. The van der Waals surface area contributed by atoms with Gasteiger partial charge in [0, 0.05) is 6.20 Å². The van der Waals surface area contributed by atoms with Gasteiger partial charge >= 0.3 is 0 Å². The van der Waals surface area contributed by atoms with Crippen LogP contribution in [0, 0.1) is 22.7 Å². The molecule has 158 valence electrons. The molecular formula is C21H20FN7O2. The van der Waals surface area contributed by atoms with E-state index in [4.69, 9.17) is 10.5 Å². The van der Waals surface area contributed by atoms with E-state index in [-0.39, 0.29) is 18.7 Å². The SMILES string of the molecule is CC(C)(O)[C@H](F)CNC(=O)c1cnc(-c2ccc3cc(C#N)cnn23)cc1NCC#N. The van der Waals surface area contributed by atoms with E-state index in [1.54, 1.807) is 28.8 Å². The zero-order valence-corrected chi connectivity index (χ0v) is 16.9. The summed E-state index contributed by atoms with van der Waals surface area (Å²) in [6, 6.07) is 10.8. The van der Waals surface area contributed by atoms with Crippen LogP contribution >= 0.6 is 0 Å². The molecule has 3 N–H and O–H groups in total. The maximum absolute atomic E-state index is 14.0. The molecule has 31 heavy (non-hydrogen) atoms. The average Bonchev–Trinajstić information content (AvgIpc) is 3.17. The van der Waals surface area contributed by atoms with Crippen molar-refractivity contribution in [1.82, 2.24) is 19.9 Å². The largest absolute Gasteiger partial charge is 0.387 e. The number of carbonyl (C=O) groups excluding carboxylic acids is 1. The molecule has 0 aliphatic heterocycles. The number of carbonyl (C=O) groups is 1. The van der Waals surface area contributed by atoms with Crippen LogP contribution in [0.25, 0.3) is 16.9 Å². The van der Waals surface area contributed by atoms with E-state index in [0.717, 1.165) is 0 Å². The number of pyridine rings is 1. The van der Waals surface area contributed by atoms with E-state index >= 15 is 0 Å². The second kappa shape index (κ2) is 8.78. The molecule has 0 radical (unpaired) electrons. The fourth-order valence-electron chi connectivity index (χ4n) is 2.84. The van der Waals surface area contributed by atoms with Gasteiger partial charge in [-0.1, -0.05) is 0 Å². The Bertz CT molecular complexity index is 1200. The van der Waals surface area contributed by atoms with Crippen LogP contribution < -0.4 is 10.6 Å². The number of rotatable bonds is 7. The van der Waals surface area contributed by atoms with E-state index in [2.05, 4.69) is 20.7 Å². The lowest BCUT2D eigenvalue weighted by Crippen LogP contribution is -2.42. The third-order valence-corrected chi connectivity index (χ3v) is 4.61.